The lowest BCUT2D eigenvalue weighted by Gasteiger charge is -2.22. The molecule has 0 aliphatic heterocycles. The normalized spacial score (nSPS) is 11.7. The number of halogens is 3. The van der Waals surface area contributed by atoms with Crippen molar-refractivity contribution in [2.24, 2.45) is 0 Å². The number of hydrogen-bond donors (Lipinski definition) is 1. The van der Waals surface area contributed by atoms with Crippen LogP contribution in [0.5, 0.6) is 0 Å². The van der Waals surface area contributed by atoms with Crippen LogP contribution >= 0.6 is 0 Å². The minimum absolute atomic E-state index is 0.119. The maximum atomic E-state index is 13.3. The van der Waals surface area contributed by atoms with Crippen LogP contribution in [0, 0.1) is 0 Å². The molecule has 4 nitrogen and oxygen atoms in total. The number of benzene rings is 1. The average molecular weight is 312 g/mol. The Morgan fingerprint density at radius 2 is 1.91 bits per heavy atom. The number of aromatic nitrogens is 1. The van der Waals surface area contributed by atoms with Gasteiger partial charge >= 0.3 is 12.1 Å². The minimum Gasteiger partial charge on any atom is -0.478 e. The molecule has 1 aromatic heterocycles. The van der Waals surface area contributed by atoms with Crippen LogP contribution in [-0.2, 0) is 6.18 Å². The van der Waals surface area contributed by atoms with E-state index in [1.54, 1.807) is 6.07 Å². The standard InChI is InChI=1S/C15H15F3N2O2/c1-3-20(4-2)9-5-6-12-10(7-9)13(15(16,17)18)11(8-19-12)14(21)22/h5-8H,3-4H2,1-2H3,(H,21,22). The van der Waals surface area contributed by atoms with Gasteiger partial charge in [-0.2, -0.15) is 13.2 Å². The fraction of sp³-hybridized carbons (Fsp3) is 0.333. The Balaban J connectivity index is 2.80. The summed E-state index contributed by atoms with van der Waals surface area (Å²) in [6, 6.07) is 4.51. The second-order valence-corrected chi connectivity index (χ2v) is 4.72. The summed E-state index contributed by atoms with van der Waals surface area (Å²) in [5, 5.41) is 8.81. The van der Waals surface area contributed by atoms with Gasteiger partial charge in [-0.1, -0.05) is 0 Å². The molecule has 0 aliphatic rings. The summed E-state index contributed by atoms with van der Waals surface area (Å²) >= 11 is 0. The van der Waals surface area contributed by atoms with Crippen LogP contribution in [0.15, 0.2) is 24.4 Å². The molecule has 22 heavy (non-hydrogen) atoms. The number of fused-ring (bicyclic) bond motifs is 1. The van der Waals surface area contributed by atoms with E-state index in [1.807, 2.05) is 18.7 Å². The van der Waals surface area contributed by atoms with Crippen LogP contribution in [0.3, 0.4) is 0 Å². The van der Waals surface area contributed by atoms with E-state index in [4.69, 9.17) is 5.11 Å². The molecule has 1 aromatic carbocycles. The van der Waals surface area contributed by atoms with Gasteiger partial charge in [-0.15, -0.1) is 0 Å². The van der Waals surface area contributed by atoms with Gasteiger partial charge in [0.15, 0.2) is 0 Å². The summed E-state index contributed by atoms with van der Waals surface area (Å²) in [5.74, 6) is -1.64. The number of pyridine rings is 1. The molecular weight excluding hydrogens is 297 g/mol. The van der Waals surface area contributed by atoms with Crippen molar-refractivity contribution in [2.45, 2.75) is 20.0 Å². The number of carboxylic acid groups (broad SMARTS) is 1. The summed E-state index contributed by atoms with van der Waals surface area (Å²) in [7, 11) is 0. The number of alkyl halides is 3. The molecule has 0 unspecified atom stereocenters. The number of hydrogen-bond acceptors (Lipinski definition) is 3. The lowest BCUT2D eigenvalue weighted by molar-refractivity contribution is -0.136. The summed E-state index contributed by atoms with van der Waals surface area (Å²) < 4.78 is 40.0. The van der Waals surface area contributed by atoms with Crippen LogP contribution in [-0.4, -0.2) is 29.1 Å². The third-order valence-electron chi connectivity index (χ3n) is 3.49. The van der Waals surface area contributed by atoms with Crippen molar-refractivity contribution < 1.29 is 23.1 Å². The SMILES string of the molecule is CCN(CC)c1ccc2ncc(C(=O)O)c(C(F)(F)F)c2c1. The number of carboxylic acids is 1. The summed E-state index contributed by atoms with van der Waals surface area (Å²) in [4.78, 5) is 16.8. The molecule has 2 aromatic rings. The summed E-state index contributed by atoms with van der Waals surface area (Å²) in [5.41, 5.74) is -1.27. The minimum atomic E-state index is -4.77. The molecule has 0 saturated carbocycles. The molecule has 7 heteroatoms. The Kier molecular flexibility index (Phi) is 4.25. The largest absolute Gasteiger partial charge is 0.478 e. The van der Waals surface area contributed by atoms with Gasteiger partial charge in [-0.25, -0.2) is 4.79 Å². The van der Waals surface area contributed by atoms with Crippen molar-refractivity contribution >= 4 is 22.6 Å². The highest BCUT2D eigenvalue weighted by molar-refractivity contribution is 5.97. The zero-order chi connectivity index (χ0) is 16.5. The third kappa shape index (κ3) is 2.84. The summed E-state index contributed by atoms with van der Waals surface area (Å²) in [6.07, 6.45) is -4.01. The molecule has 0 atom stereocenters. The molecule has 0 bridgehead atoms. The van der Waals surface area contributed by atoms with Crippen molar-refractivity contribution in [3.63, 3.8) is 0 Å². The van der Waals surface area contributed by atoms with Crippen molar-refractivity contribution in [3.05, 3.63) is 35.5 Å². The first-order valence-electron chi connectivity index (χ1n) is 6.77. The third-order valence-corrected chi connectivity index (χ3v) is 3.49. The molecule has 0 aliphatic carbocycles. The molecule has 0 radical (unpaired) electrons. The molecule has 118 valence electrons. The Hall–Kier alpha value is -2.31. The van der Waals surface area contributed by atoms with E-state index in [-0.39, 0.29) is 10.9 Å². The maximum absolute atomic E-state index is 13.3. The second kappa shape index (κ2) is 5.82. The van der Waals surface area contributed by atoms with Gasteiger partial charge in [0.2, 0.25) is 0 Å². The predicted molar refractivity (Wildman–Crippen MR) is 77.3 cm³/mol. The van der Waals surface area contributed by atoms with E-state index in [0.29, 0.717) is 18.8 Å². The van der Waals surface area contributed by atoms with Crippen LogP contribution in [0.25, 0.3) is 10.9 Å². The maximum Gasteiger partial charge on any atom is 0.417 e. The van der Waals surface area contributed by atoms with Crippen molar-refractivity contribution in [2.75, 3.05) is 18.0 Å². The summed E-state index contributed by atoms with van der Waals surface area (Å²) in [6.45, 7) is 5.05. The fourth-order valence-corrected chi connectivity index (χ4v) is 2.43. The highest BCUT2D eigenvalue weighted by atomic mass is 19.4. The van der Waals surface area contributed by atoms with E-state index in [1.165, 1.54) is 12.1 Å². The smallest absolute Gasteiger partial charge is 0.417 e. The Bertz CT molecular complexity index is 710. The first kappa shape index (κ1) is 16.1. The van der Waals surface area contributed by atoms with E-state index in [2.05, 4.69) is 4.98 Å². The number of nitrogens with zero attached hydrogens (tertiary/aromatic N) is 2. The quantitative estimate of drug-likeness (QED) is 0.933. The average Bonchev–Trinajstić information content (AvgIpc) is 2.45. The Morgan fingerprint density at radius 1 is 1.27 bits per heavy atom. The van der Waals surface area contributed by atoms with E-state index < -0.39 is 23.3 Å². The fourth-order valence-electron chi connectivity index (χ4n) is 2.43. The Morgan fingerprint density at radius 3 is 2.41 bits per heavy atom. The zero-order valence-corrected chi connectivity index (χ0v) is 12.1. The highest BCUT2D eigenvalue weighted by Gasteiger charge is 2.37. The van der Waals surface area contributed by atoms with Gasteiger partial charge in [0, 0.05) is 30.4 Å². The van der Waals surface area contributed by atoms with Crippen LogP contribution in [0.1, 0.15) is 29.8 Å². The van der Waals surface area contributed by atoms with E-state index in [9.17, 15) is 18.0 Å². The van der Waals surface area contributed by atoms with Gasteiger partial charge in [0.05, 0.1) is 16.6 Å². The van der Waals surface area contributed by atoms with Crippen LogP contribution in [0.4, 0.5) is 18.9 Å². The van der Waals surface area contributed by atoms with Crippen LogP contribution in [0.2, 0.25) is 0 Å². The first-order valence-corrected chi connectivity index (χ1v) is 6.77. The number of aromatic carboxylic acids is 1. The molecule has 1 N–H and O–H groups in total. The predicted octanol–water partition coefficient (Wildman–Crippen LogP) is 3.80. The highest BCUT2D eigenvalue weighted by Crippen LogP contribution is 2.38. The monoisotopic (exact) mass is 312 g/mol. The van der Waals surface area contributed by atoms with E-state index >= 15 is 0 Å². The van der Waals surface area contributed by atoms with Gasteiger partial charge in [0.1, 0.15) is 0 Å². The van der Waals surface area contributed by atoms with E-state index in [0.717, 1.165) is 6.20 Å². The van der Waals surface area contributed by atoms with Gasteiger partial charge in [0.25, 0.3) is 0 Å². The second-order valence-electron chi connectivity index (χ2n) is 4.72. The molecule has 2 rings (SSSR count). The number of anilines is 1. The number of carbonyl (C=O) groups is 1. The van der Waals surface area contributed by atoms with Gasteiger partial charge < -0.3 is 10.0 Å². The molecular formula is C15H15F3N2O2. The number of rotatable bonds is 4. The molecule has 1 heterocycles. The van der Waals surface area contributed by atoms with Gasteiger partial charge in [-0.05, 0) is 32.0 Å². The molecule has 0 fully saturated rings. The lowest BCUT2D eigenvalue weighted by Crippen LogP contribution is -2.22. The van der Waals surface area contributed by atoms with Gasteiger partial charge in [-0.3, -0.25) is 4.98 Å². The Labute approximate surface area is 125 Å². The molecule has 0 amide bonds. The van der Waals surface area contributed by atoms with Crippen molar-refractivity contribution in [3.8, 4) is 0 Å². The van der Waals surface area contributed by atoms with Crippen molar-refractivity contribution in [1.29, 1.82) is 0 Å². The first-order chi connectivity index (χ1) is 10.3. The zero-order valence-electron chi connectivity index (χ0n) is 12.1. The molecule has 0 saturated heterocycles. The van der Waals surface area contributed by atoms with Crippen molar-refractivity contribution in [1.82, 2.24) is 4.98 Å². The molecule has 0 spiro atoms. The lowest BCUT2D eigenvalue weighted by atomic mass is 10.0. The topological polar surface area (TPSA) is 53.4 Å². The van der Waals surface area contributed by atoms with Crippen LogP contribution < -0.4 is 4.90 Å².